The van der Waals surface area contributed by atoms with Crippen LogP contribution in [0, 0.1) is 5.82 Å². The third kappa shape index (κ3) is 3.97. The molecule has 0 bridgehead atoms. The molecule has 1 fully saturated rings. The molecule has 154 valence electrons. The molecular weight excluding hydrogens is 391 g/mol. The molecule has 1 aliphatic rings. The number of amides is 1. The Morgan fingerprint density at radius 3 is 2.23 bits per heavy atom. The first-order valence-corrected chi connectivity index (χ1v) is 10.3. The summed E-state index contributed by atoms with van der Waals surface area (Å²) in [6.45, 7) is 2.66. The van der Waals surface area contributed by atoms with Crippen LogP contribution in [0.1, 0.15) is 10.4 Å². The minimum atomic E-state index is -0.274. The number of anilines is 1. The lowest BCUT2D eigenvalue weighted by Gasteiger charge is -2.35. The molecule has 5 nitrogen and oxygen atoms in total. The normalized spacial score (nSPS) is 14.1. The lowest BCUT2D eigenvalue weighted by Crippen LogP contribution is -2.49. The van der Waals surface area contributed by atoms with Gasteiger partial charge in [-0.3, -0.25) is 4.79 Å². The van der Waals surface area contributed by atoms with Gasteiger partial charge in [-0.15, -0.1) is 10.2 Å². The predicted octanol–water partition coefficient (Wildman–Crippen LogP) is 4.40. The number of carbonyl (C=O) groups excluding carboxylic acids is 1. The summed E-state index contributed by atoms with van der Waals surface area (Å²) in [6, 6.07) is 23.9. The second-order valence-corrected chi connectivity index (χ2v) is 7.62. The smallest absolute Gasteiger partial charge is 0.253 e. The first-order chi connectivity index (χ1) is 15.2. The Bertz CT molecular complexity index is 1220. The van der Waals surface area contributed by atoms with E-state index >= 15 is 0 Å². The van der Waals surface area contributed by atoms with Crippen LogP contribution in [0.5, 0.6) is 0 Å². The van der Waals surface area contributed by atoms with Crippen molar-refractivity contribution in [1.82, 2.24) is 15.1 Å². The molecule has 1 amide bonds. The molecule has 4 aromatic rings. The summed E-state index contributed by atoms with van der Waals surface area (Å²) in [5.41, 5.74) is 2.25. The van der Waals surface area contributed by atoms with E-state index in [0.29, 0.717) is 31.9 Å². The van der Waals surface area contributed by atoms with Gasteiger partial charge in [-0.05, 0) is 59.3 Å². The van der Waals surface area contributed by atoms with E-state index in [1.165, 1.54) is 12.1 Å². The van der Waals surface area contributed by atoms with Gasteiger partial charge in [0, 0.05) is 37.3 Å². The van der Waals surface area contributed by atoms with Crippen LogP contribution in [-0.4, -0.2) is 47.2 Å². The quantitative estimate of drug-likeness (QED) is 0.501. The maximum atomic E-state index is 13.1. The number of carbonyl (C=O) groups is 1. The maximum absolute atomic E-state index is 13.1. The molecule has 0 unspecified atom stereocenters. The largest absolute Gasteiger partial charge is 0.352 e. The van der Waals surface area contributed by atoms with Crippen molar-refractivity contribution in [3.8, 4) is 11.3 Å². The van der Waals surface area contributed by atoms with Crippen LogP contribution in [-0.2, 0) is 0 Å². The zero-order chi connectivity index (χ0) is 21.2. The van der Waals surface area contributed by atoms with Gasteiger partial charge < -0.3 is 9.80 Å². The van der Waals surface area contributed by atoms with Gasteiger partial charge >= 0.3 is 0 Å². The van der Waals surface area contributed by atoms with E-state index in [-0.39, 0.29) is 11.7 Å². The maximum Gasteiger partial charge on any atom is 0.253 e. The number of aromatic nitrogens is 2. The van der Waals surface area contributed by atoms with Gasteiger partial charge in [0.05, 0.1) is 5.69 Å². The SMILES string of the molecule is O=C(c1ccc2ccccc2c1)N1CCN(c2ccc(-c3ccc(F)cc3)nn2)CC1. The number of halogens is 1. The van der Waals surface area contributed by atoms with E-state index in [9.17, 15) is 9.18 Å². The zero-order valence-corrected chi connectivity index (χ0v) is 16.9. The number of fused-ring (bicyclic) bond motifs is 1. The van der Waals surface area contributed by atoms with E-state index in [1.807, 2.05) is 59.5 Å². The topological polar surface area (TPSA) is 49.3 Å². The number of rotatable bonds is 3. The minimum Gasteiger partial charge on any atom is -0.352 e. The van der Waals surface area contributed by atoms with Gasteiger partial charge in [0.15, 0.2) is 5.82 Å². The number of hydrogen-bond acceptors (Lipinski definition) is 4. The second kappa shape index (κ2) is 8.14. The monoisotopic (exact) mass is 412 g/mol. The molecule has 0 radical (unpaired) electrons. The fourth-order valence-corrected chi connectivity index (χ4v) is 3.91. The fourth-order valence-electron chi connectivity index (χ4n) is 3.91. The minimum absolute atomic E-state index is 0.0585. The Hall–Kier alpha value is -3.80. The molecule has 1 aromatic heterocycles. The average molecular weight is 412 g/mol. The highest BCUT2D eigenvalue weighted by molar-refractivity contribution is 5.98. The van der Waals surface area contributed by atoms with E-state index in [4.69, 9.17) is 0 Å². The molecule has 2 heterocycles. The Labute approximate surface area is 179 Å². The summed E-state index contributed by atoms with van der Waals surface area (Å²) in [7, 11) is 0. The van der Waals surface area contributed by atoms with Crippen molar-refractivity contribution < 1.29 is 9.18 Å². The van der Waals surface area contributed by atoms with Gasteiger partial charge in [0.25, 0.3) is 5.91 Å². The van der Waals surface area contributed by atoms with Crippen LogP contribution < -0.4 is 4.90 Å². The lowest BCUT2D eigenvalue weighted by molar-refractivity contribution is 0.0746. The summed E-state index contributed by atoms with van der Waals surface area (Å²) < 4.78 is 13.1. The summed E-state index contributed by atoms with van der Waals surface area (Å²) in [4.78, 5) is 17.0. The molecule has 3 aromatic carbocycles. The number of hydrogen-bond donors (Lipinski definition) is 0. The first kappa shape index (κ1) is 19.2. The van der Waals surface area contributed by atoms with Gasteiger partial charge in [0.2, 0.25) is 0 Å². The average Bonchev–Trinajstić information content (AvgIpc) is 2.84. The van der Waals surface area contributed by atoms with Crippen molar-refractivity contribution in [2.24, 2.45) is 0 Å². The standard InChI is InChI=1S/C25H21FN4O/c26-22-9-7-19(8-10-22)23-11-12-24(28-27-23)29-13-15-30(16-14-29)25(31)21-6-5-18-3-1-2-4-20(18)17-21/h1-12,17H,13-16H2. The van der Waals surface area contributed by atoms with Crippen LogP contribution in [0.3, 0.4) is 0 Å². The van der Waals surface area contributed by atoms with Crippen LogP contribution in [0.15, 0.2) is 78.9 Å². The van der Waals surface area contributed by atoms with E-state index in [2.05, 4.69) is 15.1 Å². The lowest BCUT2D eigenvalue weighted by atomic mass is 10.1. The number of nitrogens with zero attached hydrogens (tertiary/aromatic N) is 4. The van der Waals surface area contributed by atoms with Crippen LogP contribution in [0.2, 0.25) is 0 Å². The molecule has 0 spiro atoms. The van der Waals surface area contributed by atoms with Gasteiger partial charge in [0.1, 0.15) is 5.82 Å². The molecule has 0 N–H and O–H groups in total. The molecule has 0 atom stereocenters. The third-order valence-electron chi connectivity index (χ3n) is 5.68. The van der Waals surface area contributed by atoms with Crippen molar-refractivity contribution in [1.29, 1.82) is 0 Å². The highest BCUT2D eigenvalue weighted by atomic mass is 19.1. The summed E-state index contributed by atoms with van der Waals surface area (Å²) in [5, 5.41) is 10.8. The van der Waals surface area contributed by atoms with Gasteiger partial charge in [-0.25, -0.2) is 4.39 Å². The number of benzene rings is 3. The highest BCUT2D eigenvalue weighted by Crippen LogP contribution is 2.21. The van der Waals surface area contributed by atoms with Crippen LogP contribution in [0.4, 0.5) is 10.2 Å². The second-order valence-electron chi connectivity index (χ2n) is 7.62. The van der Waals surface area contributed by atoms with Crippen molar-refractivity contribution in [3.63, 3.8) is 0 Å². The third-order valence-corrected chi connectivity index (χ3v) is 5.68. The molecule has 0 saturated carbocycles. The van der Waals surface area contributed by atoms with Gasteiger partial charge in [-0.1, -0.05) is 30.3 Å². The molecule has 1 saturated heterocycles. The van der Waals surface area contributed by atoms with Crippen molar-refractivity contribution >= 4 is 22.5 Å². The molecule has 31 heavy (non-hydrogen) atoms. The molecule has 5 rings (SSSR count). The van der Waals surface area contributed by atoms with E-state index in [0.717, 1.165) is 27.7 Å². The van der Waals surface area contributed by atoms with Crippen molar-refractivity contribution in [3.05, 3.63) is 90.2 Å². The predicted molar refractivity (Wildman–Crippen MR) is 119 cm³/mol. The van der Waals surface area contributed by atoms with Gasteiger partial charge in [-0.2, -0.15) is 0 Å². The van der Waals surface area contributed by atoms with E-state index in [1.54, 1.807) is 12.1 Å². The Morgan fingerprint density at radius 1 is 0.774 bits per heavy atom. The number of piperazine rings is 1. The Balaban J connectivity index is 1.24. The summed E-state index contributed by atoms with van der Waals surface area (Å²) in [6.07, 6.45) is 0. The molecule has 6 heteroatoms. The van der Waals surface area contributed by atoms with E-state index < -0.39 is 0 Å². The van der Waals surface area contributed by atoms with Crippen LogP contribution >= 0.6 is 0 Å². The molecular formula is C25H21FN4O. The Morgan fingerprint density at radius 2 is 1.52 bits per heavy atom. The van der Waals surface area contributed by atoms with Crippen molar-refractivity contribution in [2.75, 3.05) is 31.1 Å². The summed E-state index contributed by atoms with van der Waals surface area (Å²) in [5.74, 6) is 0.566. The van der Waals surface area contributed by atoms with Crippen molar-refractivity contribution in [2.45, 2.75) is 0 Å². The first-order valence-electron chi connectivity index (χ1n) is 10.3. The highest BCUT2D eigenvalue weighted by Gasteiger charge is 2.23. The van der Waals surface area contributed by atoms with Crippen LogP contribution in [0.25, 0.3) is 22.0 Å². The molecule has 0 aliphatic carbocycles. The Kier molecular flexibility index (Phi) is 5.04. The molecule has 1 aliphatic heterocycles. The fraction of sp³-hybridized carbons (Fsp3) is 0.160. The zero-order valence-electron chi connectivity index (χ0n) is 16.9. The summed E-state index contributed by atoms with van der Waals surface area (Å²) >= 11 is 0.